The van der Waals surface area contributed by atoms with Crippen LogP contribution in [0, 0.1) is 5.92 Å². The first-order valence-electron chi connectivity index (χ1n) is 6.94. The molecule has 4 nitrogen and oxygen atoms in total. The first-order valence-corrected chi connectivity index (χ1v) is 9.77. The van der Waals surface area contributed by atoms with Crippen molar-refractivity contribution in [2.24, 2.45) is 5.92 Å². The molecule has 0 spiro atoms. The van der Waals surface area contributed by atoms with Crippen LogP contribution >= 0.6 is 11.8 Å². The zero-order chi connectivity index (χ0) is 14.1. The number of hydrogen-bond acceptors (Lipinski definition) is 4. The average molecular weight is 305 g/mol. The van der Waals surface area contributed by atoms with E-state index in [0.29, 0.717) is 25.3 Å². The summed E-state index contributed by atoms with van der Waals surface area (Å²) >= 11 is 1.77. The van der Waals surface area contributed by atoms with E-state index in [9.17, 15) is 13.2 Å². The lowest BCUT2D eigenvalue weighted by molar-refractivity contribution is -0.122. The molecular weight excluding hydrogens is 282 g/mol. The summed E-state index contributed by atoms with van der Waals surface area (Å²) < 4.78 is 24.5. The summed E-state index contributed by atoms with van der Waals surface area (Å²) in [4.78, 5) is 12.4. The van der Waals surface area contributed by atoms with Crippen LogP contribution in [0.2, 0.25) is 0 Å². The number of hydrogen-bond donors (Lipinski definition) is 0. The van der Waals surface area contributed by atoms with Crippen molar-refractivity contribution >= 4 is 27.6 Å². The Morgan fingerprint density at radius 2 is 2.16 bits per heavy atom. The van der Waals surface area contributed by atoms with Gasteiger partial charge in [0.1, 0.15) is 5.78 Å². The van der Waals surface area contributed by atoms with Crippen molar-refractivity contribution in [3.05, 3.63) is 0 Å². The number of thioether (sulfide) groups is 1. The van der Waals surface area contributed by atoms with Crippen LogP contribution in [-0.2, 0) is 14.8 Å². The van der Waals surface area contributed by atoms with Crippen molar-refractivity contribution in [1.82, 2.24) is 4.31 Å². The topological polar surface area (TPSA) is 54.5 Å². The van der Waals surface area contributed by atoms with Gasteiger partial charge in [0, 0.05) is 19.5 Å². The second-order valence-corrected chi connectivity index (χ2v) is 9.52. The minimum Gasteiger partial charge on any atom is -0.298 e. The Morgan fingerprint density at radius 1 is 1.42 bits per heavy atom. The second kappa shape index (κ2) is 5.74. The van der Waals surface area contributed by atoms with Gasteiger partial charge in [0.25, 0.3) is 0 Å². The van der Waals surface area contributed by atoms with E-state index >= 15 is 0 Å². The molecule has 6 heteroatoms. The molecule has 19 heavy (non-hydrogen) atoms. The van der Waals surface area contributed by atoms with E-state index in [0.717, 1.165) is 31.4 Å². The molecule has 0 amide bonds. The predicted octanol–water partition coefficient (Wildman–Crippen LogP) is 1.90. The zero-order valence-corrected chi connectivity index (χ0v) is 13.4. The van der Waals surface area contributed by atoms with Crippen molar-refractivity contribution in [3.63, 3.8) is 0 Å². The van der Waals surface area contributed by atoms with E-state index in [-0.39, 0.29) is 10.7 Å². The summed E-state index contributed by atoms with van der Waals surface area (Å²) in [7, 11) is -3.11. The minimum absolute atomic E-state index is 0.203. The number of sulfonamides is 1. The van der Waals surface area contributed by atoms with Crippen LogP contribution in [0.5, 0.6) is 0 Å². The van der Waals surface area contributed by atoms with E-state index in [1.807, 2.05) is 6.92 Å². The lowest BCUT2D eigenvalue weighted by atomic mass is 9.88. The molecule has 2 heterocycles. The number of ketones is 1. The van der Waals surface area contributed by atoms with Crippen LogP contribution in [0.3, 0.4) is 0 Å². The Kier molecular flexibility index (Phi) is 4.63. The molecule has 0 radical (unpaired) electrons. The number of Topliss-reactive ketones (excluding diaryl/α,β-unsaturated/α-hetero) is 1. The summed E-state index contributed by atoms with van der Waals surface area (Å²) in [5.41, 5.74) is 0. The summed E-state index contributed by atoms with van der Waals surface area (Å²) in [6, 6.07) is 0. The molecule has 0 aromatic carbocycles. The second-order valence-electron chi connectivity index (χ2n) is 5.94. The fourth-order valence-corrected chi connectivity index (χ4v) is 5.19. The van der Waals surface area contributed by atoms with Crippen molar-refractivity contribution in [1.29, 1.82) is 0 Å². The predicted molar refractivity (Wildman–Crippen MR) is 78.9 cm³/mol. The van der Waals surface area contributed by atoms with Crippen molar-refractivity contribution in [3.8, 4) is 0 Å². The van der Waals surface area contributed by atoms with Gasteiger partial charge < -0.3 is 0 Å². The van der Waals surface area contributed by atoms with Crippen molar-refractivity contribution < 1.29 is 13.2 Å². The summed E-state index contributed by atoms with van der Waals surface area (Å²) in [6.07, 6.45) is 5.72. The van der Waals surface area contributed by atoms with Gasteiger partial charge in [0.15, 0.2) is 0 Å². The zero-order valence-electron chi connectivity index (χ0n) is 11.7. The normalized spacial score (nSPS) is 33.5. The fourth-order valence-electron chi connectivity index (χ4n) is 2.97. The highest BCUT2D eigenvalue weighted by Gasteiger charge is 2.38. The van der Waals surface area contributed by atoms with Crippen LogP contribution in [0.15, 0.2) is 0 Å². The molecule has 0 aromatic rings. The highest BCUT2D eigenvalue weighted by Crippen LogP contribution is 2.40. The van der Waals surface area contributed by atoms with Gasteiger partial charge in [0.2, 0.25) is 10.0 Å². The van der Waals surface area contributed by atoms with Gasteiger partial charge in [-0.05, 0) is 44.3 Å². The average Bonchev–Trinajstić information content (AvgIpc) is 2.77. The van der Waals surface area contributed by atoms with Crippen molar-refractivity contribution in [2.75, 3.05) is 25.1 Å². The molecule has 0 saturated carbocycles. The molecule has 0 aliphatic carbocycles. The molecule has 2 unspecified atom stereocenters. The van der Waals surface area contributed by atoms with Crippen LogP contribution in [-0.4, -0.2) is 48.4 Å². The van der Waals surface area contributed by atoms with Crippen LogP contribution in [0.25, 0.3) is 0 Å². The third-order valence-electron chi connectivity index (χ3n) is 4.23. The molecule has 2 fully saturated rings. The minimum atomic E-state index is -3.11. The highest BCUT2D eigenvalue weighted by molar-refractivity contribution is 8.01. The molecule has 0 N–H and O–H groups in total. The smallest absolute Gasteiger partial charge is 0.211 e. The summed E-state index contributed by atoms with van der Waals surface area (Å²) in [5.74, 6) is 1.59. The van der Waals surface area contributed by atoms with E-state index in [4.69, 9.17) is 0 Å². The molecule has 2 aliphatic rings. The van der Waals surface area contributed by atoms with Gasteiger partial charge in [-0.2, -0.15) is 0 Å². The number of rotatable bonds is 4. The van der Waals surface area contributed by atoms with E-state index < -0.39 is 10.0 Å². The third-order valence-corrected chi connectivity index (χ3v) is 7.06. The van der Waals surface area contributed by atoms with Gasteiger partial charge in [-0.25, -0.2) is 12.7 Å². The number of nitrogens with zero attached hydrogens (tertiary/aromatic N) is 1. The maximum atomic E-state index is 12.4. The van der Waals surface area contributed by atoms with E-state index in [1.165, 1.54) is 10.6 Å². The van der Waals surface area contributed by atoms with Gasteiger partial charge in [-0.3, -0.25) is 4.79 Å². The number of piperidine rings is 1. The molecular formula is C13H23NO3S2. The molecule has 2 aliphatic heterocycles. The SMILES string of the molecule is CC1(C(=O)CC2CCCN(S(C)(=O)=O)C2)CCCS1. The summed E-state index contributed by atoms with van der Waals surface area (Å²) in [6.45, 7) is 3.17. The maximum absolute atomic E-state index is 12.4. The van der Waals surface area contributed by atoms with E-state index in [2.05, 4.69) is 0 Å². The fraction of sp³-hybridized carbons (Fsp3) is 0.923. The Morgan fingerprint density at radius 3 is 2.74 bits per heavy atom. The third kappa shape index (κ3) is 3.73. The highest BCUT2D eigenvalue weighted by atomic mass is 32.2. The Bertz CT molecular complexity index is 441. The lowest BCUT2D eigenvalue weighted by Gasteiger charge is -2.32. The first kappa shape index (κ1) is 15.3. The van der Waals surface area contributed by atoms with Crippen molar-refractivity contribution in [2.45, 2.75) is 43.8 Å². The Balaban J connectivity index is 1.94. The first-order chi connectivity index (χ1) is 8.81. The van der Waals surface area contributed by atoms with Gasteiger partial charge in [-0.15, -0.1) is 11.8 Å². The molecule has 0 bridgehead atoms. The number of carbonyl (C=O) groups excluding carboxylic acids is 1. The number of carbonyl (C=O) groups is 1. The van der Waals surface area contributed by atoms with Gasteiger partial charge in [-0.1, -0.05) is 0 Å². The molecule has 110 valence electrons. The van der Waals surface area contributed by atoms with Crippen LogP contribution in [0.1, 0.15) is 39.0 Å². The monoisotopic (exact) mass is 305 g/mol. The summed E-state index contributed by atoms with van der Waals surface area (Å²) in [5, 5.41) is 0. The van der Waals surface area contributed by atoms with E-state index in [1.54, 1.807) is 11.8 Å². The molecule has 2 saturated heterocycles. The quantitative estimate of drug-likeness (QED) is 0.796. The molecule has 0 aromatic heterocycles. The van der Waals surface area contributed by atoms with Crippen LogP contribution < -0.4 is 0 Å². The standard InChI is InChI=1S/C13H23NO3S2/c1-13(6-4-8-18-13)12(15)9-11-5-3-7-14(10-11)19(2,16)17/h11H,3-10H2,1-2H3. The lowest BCUT2D eigenvalue weighted by Crippen LogP contribution is -2.41. The Labute approximate surface area is 120 Å². The van der Waals surface area contributed by atoms with Gasteiger partial charge >= 0.3 is 0 Å². The van der Waals surface area contributed by atoms with Gasteiger partial charge in [0.05, 0.1) is 11.0 Å². The molecule has 2 atom stereocenters. The maximum Gasteiger partial charge on any atom is 0.211 e. The Hall–Kier alpha value is -0.0700. The molecule has 2 rings (SSSR count). The largest absolute Gasteiger partial charge is 0.298 e. The van der Waals surface area contributed by atoms with Crippen LogP contribution in [0.4, 0.5) is 0 Å².